The summed E-state index contributed by atoms with van der Waals surface area (Å²) < 4.78 is 14.2. The van der Waals surface area contributed by atoms with Crippen LogP contribution in [-0.2, 0) is 0 Å². The number of hydrogen-bond acceptors (Lipinski definition) is 2. The third-order valence-electron chi connectivity index (χ3n) is 2.02. The molecule has 0 atom stereocenters. The Morgan fingerprint density at radius 2 is 2.19 bits per heavy atom. The molecule has 0 saturated carbocycles. The van der Waals surface area contributed by atoms with Crippen LogP contribution >= 0.6 is 22.6 Å². The van der Waals surface area contributed by atoms with Crippen molar-refractivity contribution in [2.45, 2.75) is 0 Å². The molecule has 0 bridgehead atoms. The van der Waals surface area contributed by atoms with Gasteiger partial charge in [0.2, 0.25) is 0 Å². The number of hydrogen-bond donors (Lipinski definition) is 1. The van der Waals surface area contributed by atoms with Gasteiger partial charge in [-0.05, 0) is 54.9 Å². The second-order valence-electron chi connectivity index (χ2n) is 3.68. The third kappa shape index (κ3) is 4.05. The van der Waals surface area contributed by atoms with Gasteiger partial charge in [0, 0.05) is 16.7 Å². The lowest BCUT2D eigenvalue weighted by Crippen LogP contribution is -2.31. The van der Waals surface area contributed by atoms with Gasteiger partial charge in [-0.25, -0.2) is 4.39 Å². The molecule has 3 nitrogen and oxygen atoms in total. The predicted octanol–water partition coefficient (Wildman–Crippen LogP) is 1.72. The van der Waals surface area contributed by atoms with Crippen LogP contribution in [0.3, 0.4) is 0 Å². The fourth-order valence-electron chi connectivity index (χ4n) is 1.16. The van der Waals surface area contributed by atoms with Gasteiger partial charge >= 0.3 is 0 Å². The van der Waals surface area contributed by atoms with Crippen molar-refractivity contribution in [3.05, 3.63) is 33.1 Å². The summed E-state index contributed by atoms with van der Waals surface area (Å²) in [5.74, 6) is -0.843. The summed E-state index contributed by atoms with van der Waals surface area (Å²) in [6, 6.07) is 4.56. The molecule has 1 aromatic carbocycles. The van der Waals surface area contributed by atoms with Crippen LogP contribution in [0.4, 0.5) is 4.39 Å². The largest absolute Gasteiger partial charge is 0.351 e. The first-order valence-corrected chi connectivity index (χ1v) is 5.96. The summed E-state index contributed by atoms with van der Waals surface area (Å²) in [4.78, 5) is 13.5. The van der Waals surface area contributed by atoms with Crippen molar-refractivity contribution in [3.63, 3.8) is 0 Å². The Kier molecular flexibility index (Phi) is 5.14. The van der Waals surface area contributed by atoms with Crippen molar-refractivity contribution in [1.82, 2.24) is 10.2 Å². The summed E-state index contributed by atoms with van der Waals surface area (Å²) in [5.41, 5.74) is 0.0965. The minimum atomic E-state index is -0.478. The first-order valence-electron chi connectivity index (χ1n) is 4.88. The van der Waals surface area contributed by atoms with E-state index < -0.39 is 5.82 Å². The predicted molar refractivity (Wildman–Crippen MR) is 70.0 cm³/mol. The Morgan fingerprint density at radius 3 is 2.75 bits per heavy atom. The van der Waals surface area contributed by atoms with E-state index in [0.717, 1.165) is 10.1 Å². The maximum atomic E-state index is 13.4. The van der Waals surface area contributed by atoms with Crippen LogP contribution in [0.15, 0.2) is 18.2 Å². The van der Waals surface area contributed by atoms with E-state index in [2.05, 4.69) is 5.32 Å². The van der Waals surface area contributed by atoms with E-state index in [0.29, 0.717) is 6.54 Å². The first kappa shape index (κ1) is 13.4. The molecule has 1 N–H and O–H groups in total. The van der Waals surface area contributed by atoms with Crippen LogP contribution in [-0.4, -0.2) is 38.0 Å². The van der Waals surface area contributed by atoms with E-state index in [9.17, 15) is 9.18 Å². The molecule has 0 fully saturated rings. The van der Waals surface area contributed by atoms with Gasteiger partial charge in [-0.3, -0.25) is 4.79 Å². The molecule has 16 heavy (non-hydrogen) atoms. The smallest absolute Gasteiger partial charge is 0.254 e. The fourth-order valence-corrected chi connectivity index (χ4v) is 1.62. The van der Waals surface area contributed by atoms with Gasteiger partial charge in [-0.15, -0.1) is 0 Å². The topological polar surface area (TPSA) is 32.3 Å². The Labute approximate surface area is 108 Å². The highest BCUT2D eigenvalue weighted by Crippen LogP contribution is 2.11. The van der Waals surface area contributed by atoms with Gasteiger partial charge in [0.25, 0.3) is 5.91 Å². The van der Waals surface area contributed by atoms with E-state index in [1.807, 2.05) is 41.6 Å². The highest BCUT2D eigenvalue weighted by Gasteiger charge is 2.10. The monoisotopic (exact) mass is 336 g/mol. The number of halogens is 2. The summed E-state index contributed by atoms with van der Waals surface area (Å²) in [5, 5.41) is 2.67. The Balaban J connectivity index is 2.59. The molecule has 0 radical (unpaired) electrons. The van der Waals surface area contributed by atoms with Gasteiger partial charge in [0.1, 0.15) is 5.82 Å². The highest BCUT2D eigenvalue weighted by atomic mass is 127. The number of carbonyl (C=O) groups excluding carboxylic acids is 1. The molecule has 0 aliphatic heterocycles. The number of nitrogens with one attached hydrogen (secondary N) is 1. The maximum Gasteiger partial charge on any atom is 0.254 e. The van der Waals surface area contributed by atoms with E-state index in [1.54, 1.807) is 6.07 Å². The van der Waals surface area contributed by atoms with Crippen LogP contribution < -0.4 is 5.32 Å². The lowest BCUT2D eigenvalue weighted by Gasteiger charge is -2.10. The Hall–Kier alpha value is -0.690. The van der Waals surface area contributed by atoms with Crippen LogP contribution in [0.5, 0.6) is 0 Å². The summed E-state index contributed by atoms with van der Waals surface area (Å²) >= 11 is 2.00. The Bertz CT molecular complexity index is 382. The average molecular weight is 336 g/mol. The number of benzene rings is 1. The van der Waals surface area contributed by atoms with Crippen LogP contribution in [0.2, 0.25) is 0 Å². The molecule has 1 amide bonds. The first-order chi connectivity index (χ1) is 7.50. The minimum absolute atomic E-state index is 0.0965. The van der Waals surface area contributed by atoms with Crippen LogP contribution in [0.1, 0.15) is 10.4 Å². The molecule has 0 spiro atoms. The number of nitrogens with zero attached hydrogens (tertiary/aromatic N) is 1. The minimum Gasteiger partial charge on any atom is -0.351 e. The number of carbonyl (C=O) groups is 1. The molecular weight excluding hydrogens is 322 g/mol. The average Bonchev–Trinajstić information content (AvgIpc) is 2.16. The van der Waals surface area contributed by atoms with E-state index in [4.69, 9.17) is 0 Å². The molecule has 0 aliphatic rings. The molecule has 88 valence electrons. The molecule has 0 unspecified atom stereocenters. The van der Waals surface area contributed by atoms with Crippen molar-refractivity contribution < 1.29 is 9.18 Å². The lowest BCUT2D eigenvalue weighted by atomic mass is 10.2. The number of likely N-dealkylation sites (N-methyl/N-ethyl adjacent to an activating group) is 1. The molecule has 1 rings (SSSR count). The van der Waals surface area contributed by atoms with Crippen molar-refractivity contribution >= 4 is 28.5 Å². The molecule has 1 aromatic rings. The Morgan fingerprint density at radius 1 is 1.50 bits per heavy atom. The SMILES string of the molecule is CN(C)CCNC(=O)c1ccc(I)cc1F. The fraction of sp³-hybridized carbons (Fsp3) is 0.364. The second-order valence-corrected chi connectivity index (χ2v) is 4.93. The molecule has 5 heteroatoms. The van der Waals surface area contributed by atoms with Crippen LogP contribution in [0.25, 0.3) is 0 Å². The van der Waals surface area contributed by atoms with Crippen molar-refractivity contribution in [3.8, 4) is 0 Å². The zero-order valence-corrected chi connectivity index (χ0v) is 11.4. The van der Waals surface area contributed by atoms with Gasteiger partial charge in [-0.2, -0.15) is 0 Å². The lowest BCUT2D eigenvalue weighted by molar-refractivity contribution is 0.0947. The van der Waals surface area contributed by atoms with Crippen LogP contribution in [0, 0.1) is 9.39 Å². The zero-order chi connectivity index (χ0) is 12.1. The summed E-state index contributed by atoms with van der Waals surface area (Å²) in [7, 11) is 3.83. The molecule has 0 saturated heterocycles. The number of rotatable bonds is 4. The normalized spacial score (nSPS) is 10.6. The maximum absolute atomic E-state index is 13.4. The summed E-state index contributed by atoms with van der Waals surface area (Å²) in [6.45, 7) is 1.25. The summed E-state index contributed by atoms with van der Waals surface area (Å²) in [6.07, 6.45) is 0. The van der Waals surface area contributed by atoms with Crippen molar-refractivity contribution in [2.75, 3.05) is 27.2 Å². The van der Waals surface area contributed by atoms with Gasteiger partial charge < -0.3 is 10.2 Å². The number of amides is 1. The highest BCUT2D eigenvalue weighted by molar-refractivity contribution is 14.1. The second kappa shape index (κ2) is 6.15. The third-order valence-corrected chi connectivity index (χ3v) is 2.69. The van der Waals surface area contributed by atoms with Crippen molar-refractivity contribution in [1.29, 1.82) is 0 Å². The zero-order valence-electron chi connectivity index (χ0n) is 9.26. The van der Waals surface area contributed by atoms with Gasteiger partial charge in [0.15, 0.2) is 0 Å². The molecule has 0 aromatic heterocycles. The van der Waals surface area contributed by atoms with Gasteiger partial charge in [-0.1, -0.05) is 0 Å². The van der Waals surface area contributed by atoms with Gasteiger partial charge in [0.05, 0.1) is 5.56 Å². The quantitative estimate of drug-likeness (QED) is 0.850. The van der Waals surface area contributed by atoms with E-state index in [-0.39, 0.29) is 11.5 Å². The van der Waals surface area contributed by atoms with Crippen molar-refractivity contribution in [2.24, 2.45) is 0 Å². The molecule has 0 heterocycles. The molecular formula is C11H14FIN2O. The van der Waals surface area contributed by atoms with E-state index in [1.165, 1.54) is 12.1 Å². The standard InChI is InChI=1S/C11H14FIN2O/c1-15(2)6-5-14-11(16)9-4-3-8(13)7-10(9)12/h3-4,7H,5-6H2,1-2H3,(H,14,16). The molecule has 0 aliphatic carbocycles. The van der Waals surface area contributed by atoms with E-state index >= 15 is 0 Å².